The summed E-state index contributed by atoms with van der Waals surface area (Å²) >= 11 is 4.99. The number of aromatic carboxylic acids is 1. The third kappa shape index (κ3) is 3.02. The van der Waals surface area contributed by atoms with Crippen molar-refractivity contribution in [2.24, 2.45) is 5.92 Å². The van der Waals surface area contributed by atoms with Crippen LogP contribution in [0.5, 0.6) is 5.75 Å². The molecule has 0 spiro atoms. The molecular weight excluding hydrogens is 212 g/mol. The Bertz CT molecular complexity index is 385. The maximum atomic E-state index is 10.8. The van der Waals surface area contributed by atoms with Gasteiger partial charge in [-0.1, -0.05) is 26.0 Å². The summed E-state index contributed by atoms with van der Waals surface area (Å²) in [5.41, 5.74) is 0.125. The number of carboxylic acid groups (broad SMARTS) is 1. The topological polar surface area (TPSA) is 46.5 Å². The first-order valence-electron chi connectivity index (χ1n) is 4.56. The van der Waals surface area contributed by atoms with Crippen molar-refractivity contribution in [1.82, 2.24) is 0 Å². The van der Waals surface area contributed by atoms with E-state index in [9.17, 15) is 4.79 Å². The van der Waals surface area contributed by atoms with Crippen LogP contribution in [0, 0.1) is 5.92 Å². The predicted octanol–water partition coefficient (Wildman–Crippen LogP) is 2.75. The largest absolute Gasteiger partial charge is 0.478 e. The van der Waals surface area contributed by atoms with Crippen LogP contribution in [0.3, 0.4) is 0 Å². The van der Waals surface area contributed by atoms with Crippen molar-refractivity contribution in [3.63, 3.8) is 0 Å². The molecule has 1 rings (SSSR count). The van der Waals surface area contributed by atoms with E-state index in [1.807, 2.05) is 13.8 Å². The molecule has 1 N–H and O–H groups in total. The van der Waals surface area contributed by atoms with E-state index in [1.54, 1.807) is 18.2 Å². The summed E-state index contributed by atoms with van der Waals surface area (Å²) in [5.74, 6) is -0.636. The first-order chi connectivity index (χ1) is 7.02. The monoisotopic (exact) mass is 224 g/mol. The standard InChI is InChI=1S/C11H12O3S/c1-7(2)11(15)14-9-6-4-3-5-8(9)10(12)13/h3-7H,1-2H3,(H,12,13). The number of hydrogen-bond donors (Lipinski definition) is 1. The Morgan fingerprint density at radius 1 is 1.40 bits per heavy atom. The van der Waals surface area contributed by atoms with Crippen molar-refractivity contribution in [1.29, 1.82) is 0 Å². The molecule has 0 bridgehead atoms. The van der Waals surface area contributed by atoms with Gasteiger partial charge in [0.2, 0.25) is 0 Å². The summed E-state index contributed by atoms with van der Waals surface area (Å²) in [4.78, 5) is 10.8. The lowest BCUT2D eigenvalue weighted by Crippen LogP contribution is -2.14. The fourth-order valence-electron chi connectivity index (χ4n) is 0.959. The Balaban J connectivity index is 2.94. The number of carbonyl (C=O) groups is 1. The zero-order valence-corrected chi connectivity index (χ0v) is 9.38. The molecule has 0 saturated carbocycles. The van der Waals surface area contributed by atoms with Crippen LogP contribution in [-0.2, 0) is 0 Å². The zero-order chi connectivity index (χ0) is 11.4. The summed E-state index contributed by atoms with van der Waals surface area (Å²) in [6.07, 6.45) is 0. The lowest BCUT2D eigenvalue weighted by molar-refractivity contribution is 0.0694. The molecule has 0 amide bonds. The van der Waals surface area contributed by atoms with Gasteiger partial charge in [-0.2, -0.15) is 0 Å². The lowest BCUT2D eigenvalue weighted by Gasteiger charge is -2.11. The Kier molecular flexibility index (Phi) is 3.80. The number of thiocarbonyl (C=S) groups is 1. The van der Waals surface area contributed by atoms with Crippen LogP contribution in [0.15, 0.2) is 24.3 Å². The molecule has 15 heavy (non-hydrogen) atoms. The molecule has 3 nitrogen and oxygen atoms in total. The van der Waals surface area contributed by atoms with Gasteiger partial charge in [0.25, 0.3) is 0 Å². The van der Waals surface area contributed by atoms with Gasteiger partial charge >= 0.3 is 5.97 Å². The summed E-state index contributed by atoms with van der Waals surface area (Å²) < 4.78 is 5.32. The summed E-state index contributed by atoms with van der Waals surface area (Å²) in [6, 6.07) is 6.44. The Morgan fingerprint density at radius 2 is 2.00 bits per heavy atom. The highest BCUT2D eigenvalue weighted by molar-refractivity contribution is 7.80. The molecule has 0 saturated heterocycles. The van der Waals surface area contributed by atoms with Gasteiger partial charge in [0, 0.05) is 5.92 Å². The van der Waals surface area contributed by atoms with Gasteiger partial charge < -0.3 is 9.84 Å². The molecule has 80 valence electrons. The van der Waals surface area contributed by atoms with Gasteiger partial charge in [-0.15, -0.1) is 0 Å². The number of ether oxygens (including phenoxy) is 1. The summed E-state index contributed by atoms with van der Waals surface area (Å²) in [5, 5.41) is 9.29. The second-order valence-electron chi connectivity index (χ2n) is 3.38. The molecule has 0 unspecified atom stereocenters. The van der Waals surface area contributed by atoms with Gasteiger partial charge in [0.05, 0.1) is 0 Å². The van der Waals surface area contributed by atoms with Crippen LogP contribution in [0.4, 0.5) is 0 Å². The van der Waals surface area contributed by atoms with Gasteiger partial charge in [0.1, 0.15) is 11.3 Å². The summed E-state index contributed by atoms with van der Waals surface area (Å²) in [7, 11) is 0. The molecule has 0 radical (unpaired) electrons. The highest BCUT2D eigenvalue weighted by Crippen LogP contribution is 2.19. The molecule has 0 aromatic heterocycles. The van der Waals surface area contributed by atoms with Crippen molar-refractivity contribution in [2.75, 3.05) is 0 Å². The minimum Gasteiger partial charge on any atom is -0.478 e. The number of carboxylic acids is 1. The van der Waals surface area contributed by atoms with Crippen molar-refractivity contribution >= 4 is 23.2 Å². The number of rotatable bonds is 3. The molecule has 0 aliphatic carbocycles. The molecule has 0 fully saturated rings. The number of para-hydroxylation sites is 1. The van der Waals surface area contributed by atoms with Crippen LogP contribution >= 0.6 is 12.2 Å². The van der Waals surface area contributed by atoms with Gasteiger partial charge in [-0.25, -0.2) is 4.79 Å². The average Bonchev–Trinajstić information content (AvgIpc) is 2.18. The quantitative estimate of drug-likeness (QED) is 0.802. The maximum Gasteiger partial charge on any atom is 0.339 e. The third-order valence-corrected chi connectivity index (χ3v) is 2.35. The van der Waals surface area contributed by atoms with Crippen molar-refractivity contribution in [3.8, 4) is 5.75 Å². The van der Waals surface area contributed by atoms with E-state index in [0.717, 1.165) is 0 Å². The SMILES string of the molecule is CC(C)C(=S)Oc1ccccc1C(=O)O. The Morgan fingerprint density at radius 3 is 2.53 bits per heavy atom. The molecule has 0 aliphatic rings. The smallest absolute Gasteiger partial charge is 0.339 e. The highest BCUT2D eigenvalue weighted by Gasteiger charge is 2.13. The average molecular weight is 224 g/mol. The number of hydrogen-bond acceptors (Lipinski definition) is 3. The first kappa shape index (κ1) is 11.7. The lowest BCUT2D eigenvalue weighted by atomic mass is 10.2. The van der Waals surface area contributed by atoms with E-state index < -0.39 is 5.97 Å². The van der Waals surface area contributed by atoms with Crippen LogP contribution < -0.4 is 4.74 Å². The second-order valence-corrected chi connectivity index (χ2v) is 3.78. The van der Waals surface area contributed by atoms with Crippen LogP contribution in [0.2, 0.25) is 0 Å². The van der Waals surface area contributed by atoms with Crippen molar-refractivity contribution < 1.29 is 14.6 Å². The Labute approximate surface area is 93.7 Å². The third-order valence-electron chi connectivity index (χ3n) is 1.80. The van der Waals surface area contributed by atoms with Crippen molar-refractivity contribution in [2.45, 2.75) is 13.8 Å². The summed E-state index contributed by atoms with van der Waals surface area (Å²) in [6.45, 7) is 3.79. The van der Waals surface area contributed by atoms with E-state index >= 15 is 0 Å². The van der Waals surface area contributed by atoms with Crippen LogP contribution in [0.25, 0.3) is 0 Å². The fourth-order valence-corrected chi connectivity index (χ4v) is 1.05. The molecule has 1 aromatic carbocycles. The van der Waals surface area contributed by atoms with Gasteiger partial charge in [0.15, 0.2) is 5.05 Å². The molecule has 0 heterocycles. The maximum absolute atomic E-state index is 10.8. The molecule has 0 aliphatic heterocycles. The van der Waals surface area contributed by atoms with Crippen LogP contribution in [-0.4, -0.2) is 16.1 Å². The van der Waals surface area contributed by atoms with E-state index in [2.05, 4.69) is 0 Å². The first-order valence-corrected chi connectivity index (χ1v) is 4.97. The molecule has 4 heteroatoms. The molecular formula is C11H12O3S. The van der Waals surface area contributed by atoms with Gasteiger partial charge in [-0.05, 0) is 24.4 Å². The molecule has 1 aromatic rings. The van der Waals surface area contributed by atoms with E-state index in [4.69, 9.17) is 22.1 Å². The molecule has 0 atom stereocenters. The van der Waals surface area contributed by atoms with Gasteiger partial charge in [-0.3, -0.25) is 0 Å². The van der Waals surface area contributed by atoms with Crippen LogP contribution in [0.1, 0.15) is 24.2 Å². The fraction of sp³-hybridized carbons (Fsp3) is 0.273. The number of benzene rings is 1. The van der Waals surface area contributed by atoms with E-state index in [-0.39, 0.29) is 11.5 Å². The minimum atomic E-state index is -1.02. The predicted molar refractivity (Wildman–Crippen MR) is 61.5 cm³/mol. The normalized spacial score (nSPS) is 10.1. The van der Waals surface area contributed by atoms with E-state index in [0.29, 0.717) is 10.8 Å². The van der Waals surface area contributed by atoms with E-state index in [1.165, 1.54) is 6.07 Å². The Hall–Kier alpha value is -1.42. The second kappa shape index (κ2) is 4.89. The minimum absolute atomic E-state index is 0.0850. The van der Waals surface area contributed by atoms with Crippen molar-refractivity contribution in [3.05, 3.63) is 29.8 Å². The highest BCUT2D eigenvalue weighted by atomic mass is 32.1. The zero-order valence-electron chi connectivity index (χ0n) is 8.56.